The summed E-state index contributed by atoms with van der Waals surface area (Å²) < 4.78 is 5.94. The van der Waals surface area contributed by atoms with E-state index in [1.165, 1.54) is 32.4 Å². The Balaban J connectivity index is 2.04. The molecule has 0 spiro atoms. The molecule has 1 heterocycles. The Bertz CT molecular complexity index is 768. The largest absolute Gasteiger partial charge is 0.508 e. The van der Waals surface area contributed by atoms with Gasteiger partial charge >= 0.3 is 11.6 Å². The van der Waals surface area contributed by atoms with Gasteiger partial charge < -0.3 is 9.84 Å². The van der Waals surface area contributed by atoms with E-state index in [-0.39, 0.29) is 17.3 Å². The van der Waals surface area contributed by atoms with Crippen LogP contribution in [0.5, 0.6) is 11.6 Å². The minimum Gasteiger partial charge on any atom is -0.508 e. The van der Waals surface area contributed by atoms with Crippen molar-refractivity contribution in [2.45, 2.75) is 13.0 Å². The molecule has 0 aliphatic heterocycles. The fourth-order valence-electron chi connectivity index (χ4n) is 1.78. The number of hydrogen-bond acceptors (Lipinski definition) is 7. The molecule has 0 unspecified atom stereocenters. The van der Waals surface area contributed by atoms with E-state index < -0.39 is 16.9 Å². The lowest BCUT2D eigenvalue weighted by Crippen LogP contribution is -2.27. The third kappa shape index (κ3) is 3.85. The number of aromatic hydroxyl groups is 1. The monoisotopic (exact) mass is 333 g/mol. The normalized spacial score (nSPS) is 12.1. The van der Waals surface area contributed by atoms with E-state index in [4.69, 9.17) is 4.74 Å². The zero-order valence-electron chi connectivity index (χ0n) is 12.9. The lowest BCUT2D eigenvalue weighted by Gasteiger charge is -2.09. The average Bonchev–Trinajstić information content (AvgIpc) is 3.00. The third-order valence-corrected chi connectivity index (χ3v) is 3.13. The molecule has 2 rings (SSSR count). The van der Waals surface area contributed by atoms with Crippen molar-refractivity contribution in [1.29, 1.82) is 0 Å². The number of benzene rings is 1. The molecule has 126 valence electrons. The van der Waals surface area contributed by atoms with Crippen LogP contribution < -0.4 is 10.2 Å². The van der Waals surface area contributed by atoms with Crippen LogP contribution in [0.3, 0.4) is 0 Å². The van der Waals surface area contributed by atoms with Crippen molar-refractivity contribution >= 4 is 17.8 Å². The number of nitro groups is 1. The zero-order valence-corrected chi connectivity index (χ0v) is 12.9. The molecule has 0 saturated heterocycles. The number of phenolic OH excluding ortho intramolecular Hbond substituents is 1. The third-order valence-electron chi connectivity index (χ3n) is 3.13. The predicted molar refractivity (Wildman–Crippen MR) is 84.0 cm³/mol. The van der Waals surface area contributed by atoms with Crippen LogP contribution in [0.15, 0.2) is 35.6 Å². The Morgan fingerprint density at radius 1 is 1.50 bits per heavy atom. The topological polar surface area (TPSA) is 132 Å². The van der Waals surface area contributed by atoms with Gasteiger partial charge in [-0.15, -0.1) is 5.10 Å². The number of rotatable bonds is 6. The van der Waals surface area contributed by atoms with Gasteiger partial charge in [0.2, 0.25) is 0 Å². The molecule has 0 aliphatic carbocycles. The number of amides is 1. The van der Waals surface area contributed by atoms with Gasteiger partial charge in [0.1, 0.15) is 18.0 Å². The molecule has 2 aromatic rings. The van der Waals surface area contributed by atoms with Crippen LogP contribution >= 0.6 is 0 Å². The molecular weight excluding hydrogens is 318 g/mol. The summed E-state index contributed by atoms with van der Waals surface area (Å²) in [7, 11) is 1.26. The molecule has 1 aromatic carbocycles. The standard InChI is InChI=1S/C14H15N5O5/c1-9(18-8-12(19(22)23)14(17-18)24-2)13(21)16-15-7-10-3-5-11(20)6-4-10/h3-9,20H,1-2H3,(H,16,21)/b15-7-/t9-/m1/s1. The molecule has 10 nitrogen and oxygen atoms in total. The number of carbonyl (C=O) groups is 1. The van der Waals surface area contributed by atoms with E-state index in [0.29, 0.717) is 5.56 Å². The smallest absolute Gasteiger partial charge is 0.350 e. The van der Waals surface area contributed by atoms with Crippen molar-refractivity contribution < 1.29 is 19.6 Å². The summed E-state index contributed by atoms with van der Waals surface area (Å²) in [4.78, 5) is 22.3. The van der Waals surface area contributed by atoms with Gasteiger partial charge in [0.15, 0.2) is 0 Å². The highest BCUT2D eigenvalue weighted by molar-refractivity contribution is 5.84. The highest BCUT2D eigenvalue weighted by Crippen LogP contribution is 2.25. The zero-order chi connectivity index (χ0) is 17.7. The van der Waals surface area contributed by atoms with Crippen molar-refractivity contribution in [3.05, 3.63) is 46.1 Å². The van der Waals surface area contributed by atoms with Gasteiger partial charge in [-0.25, -0.2) is 10.1 Å². The number of methoxy groups -OCH3 is 1. The molecule has 1 aromatic heterocycles. The van der Waals surface area contributed by atoms with Crippen molar-refractivity contribution in [3.8, 4) is 11.6 Å². The van der Waals surface area contributed by atoms with Gasteiger partial charge in [0.05, 0.1) is 18.2 Å². The summed E-state index contributed by atoms with van der Waals surface area (Å²) in [5.74, 6) is -0.559. The average molecular weight is 333 g/mol. The van der Waals surface area contributed by atoms with Crippen LogP contribution in [0.25, 0.3) is 0 Å². The molecule has 10 heteroatoms. The molecule has 24 heavy (non-hydrogen) atoms. The SMILES string of the molecule is COc1nn([C@H](C)C(=O)N/N=C\c2ccc(O)cc2)cc1[N+](=O)[O-]. The summed E-state index contributed by atoms with van der Waals surface area (Å²) in [5, 5.41) is 27.7. The first-order valence-electron chi connectivity index (χ1n) is 6.82. The highest BCUT2D eigenvalue weighted by atomic mass is 16.6. The van der Waals surface area contributed by atoms with Gasteiger partial charge in [-0.05, 0) is 36.8 Å². The van der Waals surface area contributed by atoms with Crippen LogP contribution in [0.4, 0.5) is 5.69 Å². The van der Waals surface area contributed by atoms with Crippen molar-refractivity contribution in [2.24, 2.45) is 5.10 Å². The first-order valence-corrected chi connectivity index (χ1v) is 6.82. The predicted octanol–water partition coefficient (Wildman–Crippen LogP) is 1.22. The minimum atomic E-state index is -0.829. The first-order chi connectivity index (χ1) is 11.4. The Hall–Kier alpha value is -3.43. The van der Waals surface area contributed by atoms with Crippen molar-refractivity contribution in [3.63, 3.8) is 0 Å². The number of phenols is 1. The second-order valence-corrected chi connectivity index (χ2v) is 4.76. The number of hydrogen-bond donors (Lipinski definition) is 2. The number of nitrogens with zero attached hydrogens (tertiary/aromatic N) is 4. The number of ether oxygens (including phenoxy) is 1. The van der Waals surface area contributed by atoms with Crippen molar-refractivity contribution in [1.82, 2.24) is 15.2 Å². The van der Waals surface area contributed by atoms with E-state index in [9.17, 15) is 20.0 Å². The molecule has 0 aliphatic rings. The maximum absolute atomic E-state index is 12.0. The van der Waals surface area contributed by atoms with E-state index in [1.807, 2.05) is 0 Å². The Morgan fingerprint density at radius 2 is 2.17 bits per heavy atom. The Labute approximate surface area is 136 Å². The fraction of sp³-hybridized carbons (Fsp3) is 0.214. The Morgan fingerprint density at radius 3 is 2.71 bits per heavy atom. The summed E-state index contributed by atoms with van der Waals surface area (Å²) in [6.07, 6.45) is 2.52. The maximum Gasteiger partial charge on any atom is 0.350 e. The second-order valence-electron chi connectivity index (χ2n) is 4.76. The Kier molecular flexibility index (Phi) is 5.09. The molecule has 0 saturated carbocycles. The van der Waals surface area contributed by atoms with Crippen LogP contribution in [0.1, 0.15) is 18.5 Å². The van der Waals surface area contributed by atoms with Gasteiger partial charge in [0.25, 0.3) is 5.91 Å². The summed E-state index contributed by atoms with van der Waals surface area (Å²) >= 11 is 0. The first kappa shape index (κ1) is 16.9. The van der Waals surface area contributed by atoms with Gasteiger partial charge in [-0.3, -0.25) is 14.9 Å². The van der Waals surface area contributed by atoms with E-state index in [0.717, 1.165) is 10.9 Å². The molecule has 1 atom stereocenters. The van der Waals surface area contributed by atoms with Crippen molar-refractivity contribution in [2.75, 3.05) is 7.11 Å². The molecule has 0 radical (unpaired) electrons. The van der Waals surface area contributed by atoms with E-state index in [1.54, 1.807) is 12.1 Å². The van der Waals surface area contributed by atoms with Crippen LogP contribution in [-0.4, -0.2) is 39.0 Å². The van der Waals surface area contributed by atoms with Crippen LogP contribution in [0, 0.1) is 10.1 Å². The molecule has 1 amide bonds. The van der Waals surface area contributed by atoms with E-state index in [2.05, 4.69) is 15.6 Å². The molecule has 2 N–H and O–H groups in total. The quantitative estimate of drug-likeness (QED) is 0.464. The van der Waals surface area contributed by atoms with Gasteiger partial charge in [-0.1, -0.05) is 0 Å². The summed E-state index contributed by atoms with van der Waals surface area (Å²) in [5.41, 5.74) is 2.67. The van der Waals surface area contributed by atoms with E-state index >= 15 is 0 Å². The number of aromatic nitrogens is 2. The number of hydrazone groups is 1. The molecule has 0 bridgehead atoms. The fourth-order valence-corrected chi connectivity index (χ4v) is 1.78. The lowest BCUT2D eigenvalue weighted by atomic mass is 10.2. The summed E-state index contributed by atoms with van der Waals surface area (Å²) in [6.45, 7) is 1.52. The number of carbonyl (C=O) groups excluding carboxylic acids is 1. The van der Waals surface area contributed by atoms with Crippen LogP contribution in [0.2, 0.25) is 0 Å². The second kappa shape index (κ2) is 7.22. The molecular formula is C14H15N5O5. The summed E-state index contributed by atoms with van der Waals surface area (Å²) in [6, 6.07) is 5.39. The minimum absolute atomic E-state index is 0.124. The molecule has 0 fully saturated rings. The lowest BCUT2D eigenvalue weighted by molar-refractivity contribution is -0.385. The maximum atomic E-state index is 12.0. The van der Waals surface area contributed by atoms with Gasteiger partial charge in [-0.2, -0.15) is 5.10 Å². The van der Waals surface area contributed by atoms with Gasteiger partial charge in [0, 0.05) is 0 Å². The number of nitrogens with one attached hydrogen (secondary N) is 1. The highest BCUT2D eigenvalue weighted by Gasteiger charge is 2.25. The van der Waals surface area contributed by atoms with Crippen LogP contribution in [-0.2, 0) is 4.79 Å².